The molecule has 0 saturated heterocycles. The van der Waals surface area contributed by atoms with Gasteiger partial charge in [0.25, 0.3) is 0 Å². The predicted molar refractivity (Wildman–Crippen MR) is 77.2 cm³/mol. The van der Waals surface area contributed by atoms with Crippen LogP contribution in [0.2, 0.25) is 0 Å². The second-order valence-electron chi connectivity index (χ2n) is 5.27. The Morgan fingerprint density at radius 2 is 1.94 bits per heavy atom. The summed E-state index contributed by atoms with van der Waals surface area (Å²) in [6, 6.07) is 8.72. The summed E-state index contributed by atoms with van der Waals surface area (Å²) in [7, 11) is 0. The molecule has 0 bridgehead atoms. The Kier molecular flexibility index (Phi) is 3.14. The maximum Gasteiger partial charge on any atom is 0.0345 e. The van der Waals surface area contributed by atoms with Crippen LogP contribution in [0.5, 0.6) is 0 Å². The van der Waals surface area contributed by atoms with Crippen LogP contribution in [0, 0.1) is 5.41 Å². The van der Waals surface area contributed by atoms with Gasteiger partial charge in [0.1, 0.15) is 0 Å². The van der Waals surface area contributed by atoms with Crippen LogP contribution in [0.25, 0.3) is 10.1 Å². The van der Waals surface area contributed by atoms with Gasteiger partial charge in [-0.2, -0.15) is 0 Å². The maximum atomic E-state index is 6.24. The summed E-state index contributed by atoms with van der Waals surface area (Å²) in [6.45, 7) is 0. The zero-order valence-corrected chi connectivity index (χ0v) is 11.5. The van der Waals surface area contributed by atoms with Crippen molar-refractivity contribution in [2.45, 2.75) is 32.1 Å². The van der Waals surface area contributed by atoms with Crippen molar-refractivity contribution in [2.75, 3.05) is 5.88 Å². The third-order valence-corrected chi connectivity index (χ3v) is 5.65. The van der Waals surface area contributed by atoms with Gasteiger partial charge in [-0.25, -0.2) is 0 Å². The Morgan fingerprint density at radius 3 is 2.71 bits per heavy atom. The first kappa shape index (κ1) is 11.6. The van der Waals surface area contributed by atoms with E-state index in [-0.39, 0.29) is 0 Å². The first-order chi connectivity index (χ1) is 8.33. The Bertz CT molecular complexity index is 508. The van der Waals surface area contributed by atoms with Gasteiger partial charge in [0.2, 0.25) is 0 Å². The predicted octanol–water partition coefficient (Wildman–Crippen LogP) is 5.24. The highest BCUT2D eigenvalue weighted by atomic mass is 35.5. The average Bonchev–Trinajstić information content (AvgIpc) is 2.99. The summed E-state index contributed by atoms with van der Waals surface area (Å²) < 4.78 is 1.41. The van der Waals surface area contributed by atoms with Crippen molar-refractivity contribution in [2.24, 2.45) is 5.41 Å². The van der Waals surface area contributed by atoms with Crippen LogP contribution in [0.3, 0.4) is 0 Å². The molecule has 90 valence electrons. The number of benzene rings is 1. The van der Waals surface area contributed by atoms with Gasteiger partial charge in [-0.3, -0.25) is 0 Å². The van der Waals surface area contributed by atoms with E-state index in [0.29, 0.717) is 5.41 Å². The lowest BCUT2D eigenvalue weighted by molar-refractivity contribution is 0.342. The summed E-state index contributed by atoms with van der Waals surface area (Å²) in [5.74, 6) is 0.817. The van der Waals surface area contributed by atoms with Crippen molar-refractivity contribution in [1.29, 1.82) is 0 Å². The minimum absolute atomic E-state index is 0.380. The van der Waals surface area contributed by atoms with Crippen LogP contribution in [0.1, 0.15) is 31.2 Å². The third kappa shape index (κ3) is 2.11. The monoisotopic (exact) mass is 264 g/mol. The maximum absolute atomic E-state index is 6.24. The molecule has 1 saturated carbocycles. The average molecular weight is 265 g/mol. The van der Waals surface area contributed by atoms with Gasteiger partial charge in [-0.15, -0.1) is 22.9 Å². The topological polar surface area (TPSA) is 0 Å². The van der Waals surface area contributed by atoms with E-state index in [1.807, 2.05) is 11.3 Å². The van der Waals surface area contributed by atoms with Crippen molar-refractivity contribution < 1.29 is 0 Å². The largest absolute Gasteiger partial charge is 0.144 e. The molecule has 0 amide bonds. The summed E-state index contributed by atoms with van der Waals surface area (Å²) in [5.41, 5.74) is 1.89. The number of alkyl halides is 1. The van der Waals surface area contributed by atoms with Gasteiger partial charge < -0.3 is 0 Å². The first-order valence-electron chi connectivity index (χ1n) is 6.34. The van der Waals surface area contributed by atoms with Crippen molar-refractivity contribution in [3.8, 4) is 0 Å². The summed E-state index contributed by atoms with van der Waals surface area (Å²) in [5, 5.41) is 3.77. The molecule has 0 N–H and O–H groups in total. The molecule has 1 aliphatic carbocycles. The number of thiophene rings is 1. The fraction of sp³-hybridized carbons (Fsp3) is 0.467. The van der Waals surface area contributed by atoms with Gasteiger partial charge >= 0.3 is 0 Å². The molecule has 0 radical (unpaired) electrons. The highest BCUT2D eigenvalue weighted by molar-refractivity contribution is 7.17. The van der Waals surface area contributed by atoms with E-state index in [1.165, 1.54) is 47.8 Å². The molecular formula is C15H17ClS. The molecule has 0 unspecified atom stereocenters. The Balaban J connectivity index is 1.94. The van der Waals surface area contributed by atoms with Crippen LogP contribution in [0.15, 0.2) is 29.6 Å². The molecule has 0 atom stereocenters. The van der Waals surface area contributed by atoms with E-state index in [9.17, 15) is 0 Å². The molecule has 0 spiro atoms. The Labute approximate surface area is 112 Å². The molecule has 0 nitrogen and oxygen atoms in total. The number of halogens is 1. The van der Waals surface area contributed by atoms with Crippen LogP contribution < -0.4 is 0 Å². The molecule has 1 aromatic heterocycles. The number of hydrogen-bond acceptors (Lipinski definition) is 1. The van der Waals surface area contributed by atoms with E-state index in [4.69, 9.17) is 11.6 Å². The van der Waals surface area contributed by atoms with Crippen LogP contribution in [0.4, 0.5) is 0 Å². The second-order valence-corrected chi connectivity index (χ2v) is 6.45. The van der Waals surface area contributed by atoms with Gasteiger partial charge in [0.15, 0.2) is 0 Å². The molecule has 17 heavy (non-hydrogen) atoms. The molecule has 1 heterocycles. The quantitative estimate of drug-likeness (QED) is 0.665. The summed E-state index contributed by atoms with van der Waals surface area (Å²) in [4.78, 5) is 0. The van der Waals surface area contributed by atoms with Crippen LogP contribution in [-0.4, -0.2) is 5.88 Å². The number of hydrogen-bond donors (Lipinski definition) is 0. The normalized spacial score (nSPS) is 18.9. The highest BCUT2D eigenvalue weighted by Crippen LogP contribution is 2.43. The van der Waals surface area contributed by atoms with E-state index >= 15 is 0 Å². The molecule has 1 fully saturated rings. The fourth-order valence-electron chi connectivity index (χ4n) is 3.06. The van der Waals surface area contributed by atoms with Gasteiger partial charge in [-0.05, 0) is 47.1 Å². The number of fused-ring (bicyclic) bond motifs is 1. The number of rotatable bonds is 3. The lowest BCUT2D eigenvalue weighted by atomic mass is 9.82. The van der Waals surface area contributed by atoms with Crippen LogP contribution >= 0.6 is 22.9 Å². The van der Waals surface area contributed by atoms with Crippen molar-refractivity contribution in [1.82, 2.24) is 0 Å². The van der Waals surface area contributed by atoms with Gasteiger partial charge in [-0.1, -0.05) is 31.0 Å². The van der Waals surface area contributed by atoms with E-state index < -0.39 is 0 Å². The Hall–Kier alpha value is -0.530. The van der Waals surface area contributed by atoms with Gasteiger partial charge in [0.05, 0.1) is 0 Å². The van der Waals surface area contributed by atoms with E-state index in [0.717, 1.165) is 5.88 Å². The molecule has 2 heteroatoms. The SMILES string of the molecule is ClCC1(Cc2csc3ccccc23)CCCC1. The lowest BCUT2D eigenvalue weighted by Gasteiger charge is -2.25. The first-order valence-corrected chi connectivity index (χ1v) is 7.76. The minimum Gasteiger partial charge on any atom is -0.144 e. The molecular weight excluding hydrogens is 248 g/mol. The van der Waals surface area contributed by atoms with E-state index in [2.05, 4.69) is 29.6 Å². The van der Waals surface area contributed by atoms with E-state index in [1.54, 1.807) is 0 Å². The molecule has 3 rings (SSSR count). The van der Waals surface area contributed by atoms with Crippen molar-refractivity contribution in [3.05, 3.63) is 35.2 Å². The molecule has 1 aliphatic rings. The molecule has 2 aromatic rings. The van der Waals surface area contributed by atoms with Crippen LogP contribution in [-0.2, 0) is 6.42 Å². The van der Waals surface area contributed by atoms with Crippen molar-refractivity contribution in [3.63, 3.8) is 0 Å². The summed E-state index contributed by atoms with van der Waals surface area (Å²) >= 11 is 8.10. The Morgan fingerprint density at radius 1 is 1.18 bits per heavy atom. The molecule has 0 aliphatic heterocycles. The third-order valence-electron chi connectivity index (χ3n) is 4.07. The molecule has 1 aromatic carbocycles. The zero-order valence-electron chi connectivity index (χ0n) is 9.92. The highest BCUT2D eigenvalue weighted by Gasteiger charge is 2.33. The lowest BCUT2D eigenvalue weighted by Crippen LogP contribution is -2.21. The second kappa shape index (κ2) is 4.62. The van der Waals surface area contributed by atoms with Gasteiger partial charge in [0, 0.05) is 10.6 Å². The minimum atomic E-state index is 0.380. The summed E-state index contributed by atoms with van der Waals surface area (Å²) in [6.07, 6.45) is 6.49. The zero-order chi connectivity index (χ0) is 11.7. The standard InChI is InChI=1S/C15H17ClS/c16-11-15(7-3-4-8-15)9-12-10-17-14-6-2-1-5-13(12)14/h1-2,5-6,10H,3-4,7-9,11H2. The fourth-order valence-corrected chi connectivity index (χ4v) is 4.38. The smallest absolute Gasteiger partial charge is 0.0345 e. The van der Waals surface area contributed by atoms with Crippen molar-refractivity contribution >= 4 is 33.0 Å².